The van der Waals surface area contributed by atoms with E-state index in [4.69, 9.17) is 14.2 Å². The quantitative estimate of drug-likeness (QED) is 0.190. The van der Waals surface area contributed by atoms with E-state index in [1.165, 1.54) is 13.2 Å². The lowest BCUT2D eigenvalue weighted by molar-refractivity contribution is 0.0162. The van der Waals surface area contributed by atoms with Crippen LogP contribution in [-0.2, 0) is 9.47 Å². The molecule has 7 heteroatoms. The fourth-order valence-electron chi connectivity index (χ4n) is 6.05. The highest BCUT2D eigenvalue weighted by Gasteiger charge is 2.32. The molecule has 1 aliphatic heterocycles. The van der Waals surface area contributed by atoms with E-state index < -0.39 is 17.4 Å². The minimum Gasteiger partial charge on any atom is -0.490 e. The maximum atomic E-state index is 14.5. The number of methoxy groups -OCH3 is 1. The topological polar surface area (TPSA) is 65.1 Å². The molecule has 0 radical (unpaired) electrons. The number of para-hydroxylation sites is 1. The smallest absolute Gasteiger partial charge is 0.410 e. The van der Waals surface area contributed by atoms with Gasteiger partial charge in [0.1, 0.15) is 17.2 Å². The van der Waals surface area contributed by atoms with Gasteiger partial charge in [-0.3, -0.25) is 0 Å². The molecule has 1 heterocycles. The van der Waals surface area contributed by atoms with Gasteiger partial charge in [0.05, 0.1) is 24.8 Å². The second-order valence-electron chi connectivity index (χ2n) is 12.4. The van der Waals surface area contributed by atoms with Gasteiger partial charge in [-0.1, -0.05) is 66.7 Å². The Labute approximate surface area is 258 Å². The van der Waals surface area contributed by atoms with Crippen LogP contribution in [0.25, 0.3) is 10.8 Å². The molecule has 0 fully saturated rings. The Morgan fingerprint density at radius 2 is 1.73 bits per heavy atom. The zero-order valence-electron chi connectivity index (χ0n) is 26.0. The van der Waals surface area contributed by atoms with Crippen molar-refractivity contribution in [3.05, 3.63) is 113 Å². The summed E-state index contributed by atoms with van der Waals surface area (Å²) < 4.78 is 31.6. The first-order valence-corrected chi connectivity index (χ1v) is 15.2. The molecule has 4 aromatic rings. The van der Waals surface area contributed by atoms with E-state index >= 15 is 0 Å². The van der Waals surface area contributed by atoms with Crippen molar-refractivity contribution in [2.24, 2.45) is 0 Å². The van der Waals surface area contributed by atoms with E-state index in [9.17, 15) is 14.0 Å². The third-order valence-electron chi connectivity index (χ3n) is 8.18. The molecule has 1 aliphatic rings. The minimum absolute atomic E-state index is 0.0825. The largest absolute Gasteiger partial charge is 0.490 e. The van der Waals surface area contributed by atoms with Gasteiger partial charge in [-0.2, -0.15) is 0 Å². The Bertz CT molecular complexity index is 1640. The number of amides is 1. The molecule has 0 bridgehead atoms. The average Bonchev–Trinajstić information content (AvgIpc) is 3.01. The van der Waals surface area contributed by atoms with Crippen molar-refractivity contribution in [2.75, 3.05) is 13.7 Å². The van der Waals surface area contributed by atoms with Crippen LogP contribution in [0.2, 0.25) is 0 Å². The molecular formula is C37H40FNO5. The summed E-state index contributed by atoms with van der Waals surface area (Å²) in [6.45, 7) is 8.15. The summed E-state index contributed by atoms with van der Waals surface area (Å²) in [5, 5.41) is 2.23. The predicted octanol–water partition coefficient (Wildman–Crippen LogP) is 8.83. The minimum atomic E-state index is -0.705. The number of ether oxygens (including phenoxy) is 3. The zero-order chi connectivity index (χ0) is 31.4. The number of esters is 1. The lowest BCUT2D eigenvalue weighted by Gasteiger charge is -2.35. The van der Waals surface area contributed by atoms with Crippen molar-refractivity contribution < 1.29 is 28.2 Å². The summed E-state index contributed by atoms with van der Waals surface area (Å²) in [6, 6.07) is 26.6. The number of rotatable bonds is 8. The Morgan fingerprint density at radius 1 is 1.00 bits per heavy atom. The van der Waals surface area contributed by atoms with Crippen molar-refractivity contribution in [3.8, 4) is 5.75 Å². The molecule has 1 unspecified atom stereocenters. The van der Waals surface area contributed by atoms with Crippen LogP contribution in [0.15, 0.2) is 84.9 Å². The summed E-state index contributed by atoms with van der Waals surface area (Å²) >= 11 is 0. The first-order chi connectivity index (χ1) is 21.1. The van der Waals surface area contributed by atoms with Crippen molar-refractivity contribution in [3.63, 3.8) is 0 Å². The van der Waals surface area contributed by atoms with Crippen LogP contribution in [0.3, 0.4) is 0 Å². The fraction of sp³-hybridized carbons (Fsp3) is 0.351. The molecule has 3 atom stereocenters. The van der Waals surface area contributed by atoms with Gasteiger partial charge in [0.2, 0.25) is 0 Å². The SMILES string of the molecule is COC(=O)c1cc(C2C[C@H](CCCN(C(=O)OC(C)(C)C)[C@H](C)c3cccc4ccccc34)Oc3ccccc32)ccc1F. The van der Waals surface area contributed by atoms with Gasteiger partial charge in [0, 0.05) is 18.0 Å². The standard InChI is InChI=1S/C37H40FNO5/c1-24(28-17-10-13-25-12-6-7-15-29(25)28)39(36(41)44-37(2,3)4)21-11-14-27-23-31(30-16-8-9-18-34(30)43-27)26-19-20-33(38)32(22-26)35(40)42-5/h6-10,12-13,15-20,22,24,27,31H,11,14,21,23H2,1-5H3/t24-,27+,31?/m1/s1. The van der Waals surface area contributed by atoms with Gasteiger partial charge in [0.15, 0.2) is 0 Å². The van der Waals surface area contributed by atoms with E-state index in [0.717, 1.165) is 33.2 Å². The van der Waals surface area contributed by atoms with Crippen molar-refractivity contribution in [1.82, 2.24) is 4.90 Å². The number of benzene rings is 4. The summed E-state index contributed by atoms with van der Waals surface area (Å²) in [7, 11) is 1.25. The van der Waals surface area contributed by atoms with Crippen LogP contribution in [0.5, 0.6) is 5.75 Å². The van der Waals surface area contributed by atoms with E-state index in [0.29, 0.717) is 25.8 Å². The van der Waals surface area contributed by atoms with Gasteiger partial charge in [-0.25, -0.2) is 14.0 Å². The van der Waals surface area contributed by atoms with Crippen LogP contribution >= 0.6 is 0 Å². The summed E-state index contributed by atoms with van der Waals surface area (Å²) in [4.78, 5) is 27.6. The Hall–Kier alpha value is -4.39. The number of halogens is 1. The third kappa shape index (κ3) is 6.88. The van der Waals surface area contributed by atoms with Gasteiger partial charge >= 0.3 is 12.1 Å². The highest BCUT2D eigenvalue weighted by atomic mass is 19.1. The highest BCUT2D eigenvalue weighted by Crippen LogP contribution is 2.42. The average molecular weight is 598 g/mol. The molecule has 0 saturated carbocycles. The number of carbonyl (C=O) groups excluding carboxylic acids is 2. The molecule has 0 aliphatic carbocycles. The van der Waals surface area contributed by atoms with Gasteiger partial charge in [-0.15, -0.1) is 0 Å². The number of fused-ring (bicyclic) bond motifs is 2. The Morgan fingerprint density at radius 3 is 2.50 bits per heavy atom. The van der Waals surface area contributed by atoms with Crippen LogP contribution in [-0.4, -0.2) is 42.3 Å². The van der Waals surface area contributed by atoms with Crippen molar-refractivity contribution >= 4 is 22.8 Å². The zero-order valence-corrected chi connectivity index (χ0v) is 26.0. The highest BCUT2D eigenvalue weighted by molar-refractivity contribution is 5.90. The lowest BCUT2D eigenvalue weighted by atomic mass is 9.82. The molecule has 44 heavy (non-hydrogen) atoms. The summed E-state index contributed by atoms with van der Waals surface area (Å²) in [6.07, 6.45) is 1.53. The van der Waals surface area contributed by atoms with Crippen molar-refractivity contribution in [1.29, 1.82) is 0 Å². The van der Waals surface area contributed by atoms with E-state index in [1.54, 1.807) is 12.1 Å². The first-order valence-electron chi connectivity index (χ1n) is 15.2. The van der Waals surface area contributed by atoms with Gasteiger partial charge in [0.25, 0.3) is 0 Å². The van der Waals surface area contributed by atoms with Crippen LogP contribution in [0, 0.1) is 5.82 Å². The third-order valence-corrected chi connectivity index (χ3v) is 8.18. The van der Waals surface area contributed by atoms with Crippen LogP contribution in [0.1, 0.15) is 86.0 Å². The molecule has 6 nitrogen and oxygen atoms in total. The maximum Gasteiger partial charge on any atom is 0.410 e. The molecule has 0 spiro atoms. The van der Waals surface area contributed by atoms with Gasteiger partial charge < -0.3 is 19.1 Å². The molecule has 4 aromatic carbocycles. The van der Waals surface area contributed by atoms with Crippen molar-refractivity contribution in [2.45, 2.75) is 70.6 Å². The van der Waals surface area contributed by atoms with Crippen LogP contribution < -0.4 is 4.74 Å². The number of hydrogen-bond donors (Lipinski definition) is 0. The Kier molecular flexibility index (Phi) is 9.23. The molecule has 1 amide bonds. The number of hydrogen-bond acceptors (Lipinski definition) is 5. The summed E-state index contributed by atoms with van der Waals surface area (Å²) in [5.74, 6) is -0.639. The van der Waals surface area contributed by atoms with Gasteiger partial charge in [-0.05, 0) is 87.1 Å². The molecule has 230 valence electrons. The fourth-order valence-corrected chi connectivity index (χ4v) is 6.05. The lowest BCUT2D eigenvalue weighted by Crippen LogP contribution is -2.39. The molecule has 0 N–H and O–H groups in total. The van der Waals surface area contributed by atoms with E-state index in [1.807, 2.05) is 75.1 Å². The molecular weight excluding hydrogens is 557 g/mol. The number of nitrogens with zero attached hydrogens (tertiary/aromatic N) is 1. The predicted molar refractivity (Wildman–Crippen MR) is 170 cm³/mol. The summed E-state index contributed by atoms with van der Waals surface area (Å²) in [5.41, 5.74) is 2.17. The Balaban J connectivity index is 1.37. The molecule has 0 saturated heterocycles. The molecule has 0 aromatic heterocycles. The number of carbonyl (C=O) groups is 2. The first kappa shape index (κ1) is 31.0. The van der Waals surface area contributed by atoms with E-state index in [-0.39, 0.29) is 29.7 Å². The normalized spacial score (nSPS) is 16.9. The monoisotopic (exact) mass is 597 g/mol. The second-order valence-corrected chi connectivity index (χ2v) is 12.4. The van der Waals surface area contributed by atoms with Crippen LogP contribution in [0.4, 0.5) is 9.18 Å². The molecule has 5 rings (SSSR count). The van der Waals surface area contributed by atoms with E-state index in [2.05, 4.69) is 24.3 Å². The maximum absolute atomic E-state index is 14.5. The second kappa shape index (κ2) is 13.1.